The van der Waals surface area contributed by atoms with E-state index in [-0.39, 0.29) is 24.3 Å². The zero-order chi connectivity index (χ0) is 21.8. The lowest BCUT2D eigenvalue weighted by molar-refractivity contribution is 0.0642. The Bertz CT molecular complexity index is 1090. The van der Waals surface area contributed by atoms with E-state index in [9.17, 15) is 14.4 Å². The molecule has 0 bridgehead atoms. The van der Waals surface area contributed by atoms with Gasteiger partial charge in [0.1, 0.15) is 0 Å². The zero-order valence-corrected chi connectivity index (χ0v) is 17.5. The molecule has 3 aromatic carbocycles. The van der Waals surface area contributed by atoms with E-state index in [2.05, 4.69) is 0 Å². The van der Waals surface area contributed by atoms with Gasteiger partial charge < -0.3 is 4.90 Å². The molecule has 0 fully saturated rings. The summed E-state index contributed by atoms with van der Waals surface area (Å²) in [6.07, 6.45) is 0.854. The third-order valence-electron chi connectivity index (χ3n) is 5.39. The minimum Gasteiger partial charge on any atom is -0.334 e. The number of hydrogen-bond acceptors (Lipinski definition) is 3. The Morgan fingerprint density at radius 1 is 0.806 bits per heavy atom. The van der Waals surface area contributed by atoms with Gasteiger partial charge in [-0.2, -0.15) is 0 Å². The highest BCUT2D eigenvalue weighted by Gasteiger charge is 2.35. The van der Waals surface area contributed by atoms with E-state index in [1.54, 1.807) is 42.5 Å². The van der Waals surface area contributed by atoms with E-state index in [1.807, 2.05) is 48.2 Å². The fraction of sp³-hybridized carbons (Fsp3) is 0.192. The molecule has 3 aromatic rings. The van der Waals surface area contributed by atoms with Gasteiger partial charge in [0.15, 0.2) is 0 Å². The highest BCUT2D eigenvalue weighted by Crippen LogP contribution is 2.24. The molecule has 4 rings (SSSR count). The molecule has 0 atom stereocenters. The molecule has 0 unspecified atom stereocenters. The van der Waals surface area contributed by atoms with Crippen molar-refractivity contribution in [2.45, 2.75) is 26.4 Å². The number of carbonyl (C=O) groups is 3. The minimum atomic E-state index is -0.297. The number of hydrogen-bond donors (Lipinski definition) is 0. The van der Waals surface area contributed by atoms with Gasteiger partial charge in [-0.15, -0.1) is 0 Å². The lowest BCUT2D eigenvalue weighted by atomic mass is 10.1. The first kappa shape index (κ1) is 20.5. The molecular weight excluding hydrogens is 388 g/mol. The maximum absolute atomic E-state index is 13.2. The molecule has 0 N–H and O–H groups in total. The van der Waals surface area contributed by atoms with Crippen molar-refractivity contribution in [2.75, 3.05) is 6.54 Å². The van der Waals surface area contributed by atoms with Gasteiger partial charge in [0.2, 0.25) is 0 Å². The van der Waals surface area contributed by atoms with Crippen LogP contribution >= 0.6 is 0 Å². The van der Waals surface area contributed by atoms with Gasteiger partial charge in [-0.25, -0.2) is 0 Å². The average Bonchev–Trinajstić information content (AvgIpc) is 3.04. The average molecular weight is 412 g/mol. The lowest BCUT2D eigenvalue weighted by Gasteiger charge is -2.23. The molecule has 0 aliphatic carbocycles. The molecule has 5 heteroatoms. The number of nitrogens with zero attached hydrogens (tertiary/aromatic N) is 2. The molecule has 0 radical (unpaired) electrons. The second kappa shape index (κ2) is 8.96. The maximum atomic E-state index is 13.2. The summed E-state index contributed by atoms with van der Waals surface area (Å²) in [5.74, 6) is -0.655. The summed E-state index contributed by atoms with van der Waals surface area (Å²) in [6.45, 7) is 3.37. The first-order chi connectivity index (χ1) is 15.1. The maximum Gasteiger partial charge on any atom is 0.261 e. The Morgan fingerprint density at radius 3 is 2.06 bits per heavy atom. The second-order valence-corrected chi connectivity index (χ2v) is 7.65. The lowest BCUT2D eigenvalue weighted by Crippen LogP contribution is -2.32. The number of rotatable bonds is 7. The van der Waals surface area contributed by atoms with Crippen LogP contribution in [-0.4, -0.2) is 34.1 Å². The zero-order valence-electron chi connectivity index (χ0n) is 17.5. The molecule has 0 aromatic heterocycles. The van der Waals surface area contributed by atoms with Gasteiger partial charge in [-0.1, -0.05) is 61.5 Å². The van der Waals surface area contributed by atoms with Crippen molar-refractivity contribution in [3.63, 3.8) is 0 Å². The molecule has 0 spiro atoms. The topological polar surface area (TPSA) is 57.7 Å². The van der Waals surface area contributed by atoms with Crippen LogP contribution in [0.4, 0.5) is 0 Å². The Hall–Kier alpha value is -3.73. The van der Waals surface area contributed by atoms with Gasteiger partial charge in [0, 0.05) is 18.7 Å². The van der Waals surface area contributed by atoms with Crippen LogP contribution in [0.2, 0.25) is 0 Å². The van der Waals surface area contributed by atoms with Crippen molar-refractivity contribution < 1.29 is 14.4 Å². The Balaban J connectivity index is 1.53. The van der Waals surface area contributed by atoms with Gasteiger partial charge in [-0.05, 0) is 41.8 Å². The van der Waals surface area contributed by atoms with E-state index in [0.717, 1.165) is 17.5 Å². The molecular formula is C26H24N2O3. The highest BCUT2D eigenvalue weighted by atomic mass is 16.2. The van der Waals surface area contributed by atoms with E-state index < -0.39 is 0 Å². The fourth-order valence-electron chi connectivity index (χ4n) is 3.88. The number of amides is 3. The fourth-order valence-corrected chi connectivity index (χ4v) is 3.88. The number of benzene rings is 3. The van der Waals surface area contributed by atoms with Crippen molar-refractivity contribution in [1.82, 2.24) is 9.80 Å². The standard InChI is InChI=1S/C26H24N2O3/c1-2-15-27(17-19-9-4-3-5-10-19)24(29)21-12-8-11-20(16-21)18-28-25(30)22-13-6-7-14-23(22)26(28)31/h3-14,16H,2,15,17-18H2,1H3. The van der Waals surface area contributed by atoms with Crippen LogP contribution in [0.1, 0.15) is 55.5 Å². The molecule has 0 saturated carbocycles. The van der Waals surface area contributed by atoms with Crippen LogP contribution in [0.3, 0.4) is 0 Å². The summed E-state index contributed by atoms with van der Waals surface area (Å²) >= 11 is 0. The first-order valence-corrected chi connectivity index (χ1v) is 10.5. The van der Waals surface area contributed by atoms with Crippen molar-refractivity contribution in [2.24, 2.45) is 0 Å². The number of fused-ring (bicyclic) bond motifs is 1. The summed E-state index contributed by atoms with van der Waals surface area (Å²) < 4.78 is 0. The molecule has 156 valence electrons. The highest BCUT2D eigenvalue weighted by molar-refractivity contribution is 6.21. The SMILES string of the molecule is CCCN(Cc1ccccc1)C(=O)c1cccc(CN2C(=O)c3ccccc3C2=O)c1. The Morgan fingerprint density at radius 2 is 1.42 bits per heavy atom. The summed E-state index contributed by atoms with van der Waals surface area (Å²) in [5, 5.41) is 0. The molecule has 1 aliphatic rings. The minimum absolute atomic E-state index is 0.0603. The molecule has 1 heterocycles. The molecule has 5 nitrogen and oxygen atoms in total. The number of imide groups is 1. The summed E-state index contributed by atoms with van der Waals surface area (Å²) in [4.78, 5) is 41.6. The molecule has 0 saturated heterocycles. The first-order valence-electron chi connectivity index (χ1n) is 10.5. The molecule has 3 amide bonds. The van der Waals surface area contributed by atoms with Crippen LogP contribution in [-0.2, 0) is 13.1 Å². The van der Waals surface area contributed by atoms with E-state index in [1.165, 1.54) is 4.90 Å². The van der Waals surface area contributed by atoms with Crippen molar-refractivity contribution in [1.29, 1.82) is 0 Å². The van der Waals surface area contributed by atoms with Crippen molar-refractivity contribution >= 4 is 17.7 Å². The summed E-state index contributed by atoms with van der Waals surface area (Å²) in [6, 6.07) is 23.9. The predicted octanol–water partition coefficient (Wildman–Crippen LogP) is 4.54. The van der Waals surface area contributed by atoms with Crippen molar-refractivity contribution in [3.8, 4) is 0 Å². The quantitative estimate of drug-likeness (QED) is 0.536. The third kappa shape index (κ3) is 4.26. The molecule has 1 aliphatic heterocycles. The van der Waals surface area contributed by atoms with Crippen LogP contribution in [0.25, 0.3) is 0 Å². The largest absolute Gasteiger partial charge is 0.334 e. The van der Waals surface area contributed by atoms with Gasteiger partial charge in [0.05, 0.1) is 17.7 Å². The normalized spacial score (nSPS) is 12.7. The van der Waals surface area contributed by atoms with Crippen LogP contribution in [0.5, 0.6) is 0 Å². The van der Waals surface area contributed by atoms with Crippen LogP contribution < -0.4 is 0 Å². The smallest absolute Gasteiger partial charge is 0.261 e. The summed E-state index contributed by atoms with van der Waals surface area (Å²) in [7, 11) is 0. The van der Waals surface area contributed by atoms with E-state index in [0.29, 0.717) is 29.8 Å². The monoisotopic (exact) mass is 412 g/mol. The Labute approximate surface area is 181 Å². The van der Waals surface area contributed by atoms with Crippen LogP contribution in [0.15, 0.2) is 78.9 Å². The number of carbonyl (C=O) groups excluding carboxylic acids is 3. The van der Waals surface area contributed by atoms with Gasteiger partial charge in [0.25, 0.3) is 17.7 Å². The van der Waals surface area contributed by atoms with E-state index in [4.69, 9.17) is 0 Å². The second-order valence-electron chi connectivity index (χ2n) is 7.65. The molecule has 31 heavy (non-hydrogen) atoms. The van der Waals surface area contributed by atoms with Crippen molar-refractivity contribution in [3.05, 3.63) is 107 Å². The Kier molecular flexibility index (Phi) is 5.94. The van der Waals surface area contributed by atoms with E-state index >= 15 is 0 Å². The summed E-state index contributed by atoms with van der Waals surface area (Å²) in [5.41, 5.74) is 3.23. The third-order valence-corrected chi connectivity index (χ3v) is 5.39. The van der Waals surface area contributed by atoms with Gasteiger partial charge in [-0.3, -0.25) is 19.3 Å². The van der Waals surface area contributed by atoms with Crippen LogP contribution in [0, 0.1) is 0 Å². The van der Waals surface area contributed by atoms with Gasteiger partial charge >= 0.3 is 0 Å². The predicted molar refractivity (Wildman–Crippen MR) is 119 cm³/mol.